The Labute approximate surface area is 130 Å². The minimum atomic E-state index is -0.574. The van der Waals surface area contributed by atoms with E-state index in [1.807, 2.05) is 43.3 Å². The van der Waals surface area contributed by atoms with Gasteiger partial charge in [0.2, 0.25) is 5.78 Å². The number of allylic oxidation sites excluding steroid dienone is 1. The molecule has 3 heteroatoms. The lowest BCUT2D eigenvalue weighted by Crippen LogP contribution is -2.24. The average Bonchev–Trinajstić information content (AvgIpc) is 2.48. The minimum Gasteiger partial charge on any atom is -0.482 e. The molecular formula is C18H17ClO2. The number of rotatable bonds is 5. The predicted octanol–water partition coefficient (Wildman–Crippen LogP) is 5.02. The fraction of sp³-hybridized carbons (Fsp3) is 0.167. The monoisotopic (exact) mass is 300 g/mol. The van der Waals surface area contributed by atoms with Gasteiger partial charge in [-0.2, -0.15) is 0 Å². The number of para-hydroxylation sites is 1. The number of ether oxygens (including phenoxy) is 1. The van der Waals surface area contributed by atoms with Crippen LogP contribution in [0.15, 0.2) is 54.6 Å². The highest BCUT2D eigenvalue weighted by Gasteiger charge is 2.18. The van der Waals surface area contributed by atoms with Crippen molar-refractivity contribution in [3.05, 3.63) is 70.8 Å². The maximum atomic E-state index is 12.4. The molecule has 0 aromatic heterocycles. The van der Waals surface area contributed by atoms with Gasteiger partial charge < -0.3 is 4.74 Å². The maximum Gasteiger partial charge on any atom is 0.203 e. The Hall–Kier alpha value is -2.06. The van der Waals surface area contributed by atoms with Crippen LogP contribution in [0.3, 0.4) is 0 Å². The Kier molecular flexibility index (Phi) is 5.18. The summed E-state index contributed by atoms with van der Waals surface area (Å²) >= 11 is 5.92. The molecule has 2 aromatic carbocycles. The number of carbonyl (C=O) groups excluding carboxylic acids is 1. The van der Waals surface area contributed by atoms with Crippen molar-refractivity contribution in [1.82, 2.24) is 0 Å². The van der Waals surface area contributed by atoms with Gasteiger partial charge in [0.15, 0.2) is 6.10 Å². The van der Waals surface area contributed by atoms with E-state index in [0.29, 0.717) is 16.3 Å². The van der Waals surface area contributed by atoms with Gasteiger partial charge in [0, 0.05) is 16.1 Å². The van der Waals surface area contributed by atoms with Gasteiger partial charge in [-0.1, -0.05) is 54.1 Å². The zero-order valence-electron chi connectivity index (χ0n) is 12.0. The van der Waals surface area contributed by atoms with Crippen LogP contribution in [0.1, 0.15) is 29.8 Å². The number of benzene rings is 2. The van der Waals surface area contributed by atoms with Gasteiger partial charge in [0.05, 0.1) is 0 Å². The van der Waals surface area contributed by atoms with Gasteiger partial charge in [-0.3, -0.25) is 4.79 Å². The molecule has 0 radical (unpaired) electrons. The molecule has 1 atom stereocenters. The molecule has 0 aliphatic rings. The first-order chi connectivity index (χ1) is 10.1. The van der Waals surface area contributed by atoms with Crippen LogP contribution in [-0.4, -0.2) is 11.9 Å². The smallest absolute Gasteiger partial charge is 0.203 e. The fourth-order valence-electron chi connectivity index (χ4n) is 2.03. The van der Waals surface area contributed by atoms with Crippen molar-refractivity contribution in [1.29, 1.82) is 0 Å². The van der Waals surface area contributed by atoms with E-state index < -0.39 is 6.10 Å². The van der Waals surface area contributed by atoms with E-state index in [1.165, 1.54) is 0 Å². The Bertz CT molecular complexity index is 662. The number of carbonyl (C=O) groups is 1. The van der Waals surface area contributed by atoms with Crippen molar-refractivity contribution < 1.29 is 9.53 Å². The van der Waals surface area contributed by atoms with Crippen molar-refractivity contribution in [2.45, 2.75) is 20.0 Å². The molecule has 0 saturated heterocycles. The highest BCUT2D eigenvalue weighted by molar-refractivity contribution is 6.31. The van der Waals surface area contributed by atoms with Crippen molar-refractivity contribution in [3.63, 3.8) is 0 Å². The summed E-state index contributed by atoms with van der Waals surface area (Å²) in [5, 5.41) is 0.544. The van der Waals surface area contributed by atoms with Crippen molar-refractivity contribution in [2.75, 3.05) is 0 Å². The van der Waals surface area contributed by atoms with Crippen LogP contribution in [0.4, 0.5) is 0 Å². The first-order valence-corrected chi connectivity index (χ1v) is 7.17. The lowest BCUT2D eigenvalue weighted by molar-refractivity contribution is 0.0818. The Morgan fingerprint density at radius 2 is 1.95 bits per heavy atom. The summed E-state index contributed by atoms with van der Waals surface area (Å²) in [7, 11) is 0. The minimum absolute atomic E-state index is 0.0900. The molecule has 0 saturated carbocycles. The molecule has 0 aliphatic carbocycles. The molecule has 2 nitrogen and oxygen atoms in total. The normalized spacial score (nSPS) is 12.3. The largest absolute Gasteiger partial charge is 0.482 e. The summed E-state index contributed by atoms with van der Waals surface area (Å²) in [4.78, 5) is 12.4. The molecule has 0 fully saturated rings. The quantitative estimate of drug-likeness (QED) is 0.724. The second kappa shape index (κ2) is 7.09. The third-order valence-electron chi connectivity index (χ3n) is 3.05. The SMILES string of the molecule is CC=Cc1ccccc1OC(C)C(=O)c1cccc(Cl)c1. The first kappa shape index (κ1) is 15.3. The Morgan fingerprint density at radius 3 is 2.67 bits per heavy atom. The van der Waals surface area contributed by atoms with E-state index in [1.54, 1.807) is 31.2 Å². The Morgan fingerprint density at radius 1 is 1.19 bits per heavy atom. The van der Waals surface area contributed by atoms with Crippen LogP contribution in [0.5, 0.6) is 5.75 Å². The zero-order valence-corrected chi connectivity index (χ0v) is 12.8. The summed E-state index contributed by atoms with van der Waals surface area (Å²) in [5.74, 6) is 0.603. The lowest BCUT2D eigenvalue weighted by atomic mass is 10.1. The molecular weight excluding hydrogens is 284 g/mol. The highest BCUT2D eigenvalue weighted by Crippen LogP contribution is 2.22. The van der Waals surface area contributed by atoms with Gasteiger partial charge >= 0.3 is 0 Å². The van der Waals surface area contributed by atoms with Gasteiger partial charge in [0.25, 0.3) is 0 Å². The van der Waals surface area contributed by atoms with E-state index >= 15 is 0 Å². The highest BCUT2D eigenvalue weighted by atomic mass is 35.5. The van der Waals surface area contributed by atoms with Crippen molar-refractivity contribution in [3.8, 4) is 5.75 Å². The summed E-state index contributed by atoms with van der Waals surface area (Å²) in [5.41, 5.74) is 1.50. The van der Waals surface area contributed by atoms with Crippen LogP contribution in [0.2, 0.25) is 5.02 Å². The third kappa shape index (κ3) is 3.96. The van der Waals surface area contributed by atoms with Crippen LogP contribution < -0.4 is 4.74 Å². The number of halogens is 1. The van der Waals surface area contributed by atoms with E-state index in [2.05, 4.69) is 0 Å². The van der Waals surface area contributed by atoms with Crippen LogP contribution in [0, 0.1) is 0 Å². The fourth-order valence-corrected chi connectivity index (χ4v) is 2.22. The predicted molar refractivity (Wildman–Crippen MR) is 87.0 cm³/mol. The number of hydrogen-bond donors (Lipinski definition) is 0. The zero-order chi connectivity index (χ0) is 15.2. The van der Waals surface area contributed by atoms with Crippen molar-refractivity contribution in [2.24, 2.45) is 0 Å². The van der Waals surface area contributed by atoms with E-state index in [0.717, 1.165) is 5.56 Å². The van der Waals surface area contributed by atoms with E-state index in [9.17, 15) is 4.79 Å². The summed E-state index contributed by atoms with van der Waals surface area (Å²) in [6, 6.07) is 14.5. The molecule has 2 aromatic rings. The summed E-state index contributed by atoms with van der Waals surface area (Å²) in [6.07, 6.45) is 3.31. The molecule has 0 N–H and O–H groups in total. The van der Waals surface area contributed by atoms with Gasteiger partial charge in [0.1, 0.15) is 5.75 Å². The van der Waals surface area contributed by atoms with Gasteiger partial charge in [-0.25, -0.2) is 0 Å². The molecule has 0 spiro atoms. The molecule has 1 unspecified atom stereocenters. The molecule has 2 rings (SSSR count). The van der Waals surface area contributed by atoms with E-state index in [-0.39, 0.29) is 5.78 Å². The molecule has 0 bridgehead atoms. The number of Topliss-reactive ketones (excluding diaryl/α,β-unsaturated/α-hetero) is 1. The molecule has 0 heterocycles. The number of ketones is 1. The van der Waals surface area contributed by atoms with Crippen molar-refractivity contribution >= 4 is 23.5 Å². The average molecular weight is 301 g/mol. The number of hydrogen-bond acceptors (Lipinski definition) is 2. The molecule has 21 heavy (non-hydrogen) atoms. The maximum absolute atomic E-state index is 12.4. The summed E-state index contributed by atoms with van der Waals surface area (Å²) in [6.45, 7) is 3.69. The third-order valence-corrected chi connectivity index (χ3v) is 3.28. The second-order valence-corrected chi connectivity index (χ2v) is 5.11. The lowest BCUT2D eigenvalue weighted by Gasteiger charge is -2.15. The summed E-state index contributed by atoms with van der Waals surface area (Å²) < 4.78 is 5.81. The Balaban J connectivity index is 2.18. The second-order valence-electron chi connectivity index (χ2n) is 4.67. The van der Waals surface area contributed by atoms with Crippen LogP contribution in [0.25, 0.3) is 6.08 Å². The standard InChI is InChI=1S/C18H17ClO2/c1-3-7-14-8-4-5-11-17(14)21-13(2)18(20)15-9-6-10-16(19)12-15/h3-13H,1-2H3. The van der Waals surface area contributed by atoms with Crippen LogP contribution >= 0.6 is 11.6 Å². The van der Waals surface area contributed by atoms with Gasteiger partial charge in [-0.05, 0) is 32.0 Å². The molecule has 0 amide bonds. The van der Waals surface area contributed by atoms with E-state index in [4.69, 9.17) is 16.3 Å². The molecule has 108 valence electrons. The first-order valence-electron chi connectivity index (χ1n) is 6.80. The topological polar surface area (TPSA) is 26.3 Å². The van der Waals surface area contributed by atoms with Crippen LogP contribution in [-0.2, 0) is 0 Å². The van der Waals surface area contributed by atoms with Gasteiger partial charge in [-0.15, -0.1) is 0 Å². The molecule has 0 aliphatic heterocycles.